The SMILES string of the molecule is CC(C)C[C@H](N)C(=O)NC(CC(=O)OC(C)(C)C)C(O)CF.Cc1ccc(S(=O)(=O)O)cc1. The highest BCUT2D eigenvalue weighted by Gasteiger charge is 2.28. The highest BCUT2D eigenvalue weighted by Crippen LogP contribution is 2.12. The first-order valence-corrected chi connectivity index (χ1v) is 12.0. The number of carbonyl (C=O) groups is 2. The number of nitrogens with two attached hydrogens (primary N) is 1. The molecule has 0 aliphatic carbocycles. The second-order valence-corrected chi connectivity index (χ2v) is 10.6. The molecule has 190 valence electrons. The number of carbonyl (C=O) groups excluding carboxylic acids is 2. The van der Waals surface area contributed by atoms with Crippen LogP contribution in [0, 0.1) is 12.8 Å². The van der Waals surface area contributed by atoms with Crippen molar-refractivity contribution >= 4 is 22.0 Å². The van der Waals surface area contributed by atoms with Crippen molar-refractivity contribution in [1.82, 2.24) is 5.32 Å². The number of benzene rings is 1. The zero-order chi connectivity index (χ0) is 26.0. The fourth-order valence-corrected chi connectivity index (χ4v) is 3.05. The first-order valence-electron chi connectivity index (χ1n) is 10.5. The van der Waals surface area contributed by atoms with Crippen molar-refractivity contribution in [1.29, 1.82) is 0 Å². The summed E-state index contributed by atoms with van der Waals surface area (Å²) < 4.78 is 47.4. The highest BCUT2D eigenvalue weighted by atomic mass is 32.2. The Morgan fingerprint density at radius 1 is 1.18 bits per heavy atom. The summed E-state index contributed by atoms with van der Waals surface area (Å²) in [7, 11) is -4.02. The van der Waals surface area contributed by atoms with Gasteiger partial charge in [-0.05, 0) is 52.2 Å². The summed E-state index contributed by atoms with van der Waals surface area (Å²) in [6, 6.07) is 4.15. The molecule has 9 nitrogen and oxygen atoms in total. The van der Waals surface area contributed by atoms with E-state index in [2.05, 4.69) is 5.32 Å². The van der Waals surface area contributed by atoms with Crippen molar-refractivity contribution in [2.75, 3.05) is 6.67 Å². The molecule has 0 bridgehead atoms. The Bertz CT molecular complexity index is 852. The lowest BCUT2D eigenvalue weighted by atomic mass is 10.0. The molecule has 3 atom stereocenters. The van der Waals surface area contributed by atoms with E-state index in [4.69, 9.17) is 15.0 Å². The first kappa shape index (κ1) is 30.9. The fourth-order valence-electron chi connectivity index (χ4n) is 2.57. The molecular formula is C22H37FN2O7S. The van der Waals surface area contributed by atoms with E-state index < -0.39 is 52.5 Å². The summed E-state index contributed by atoms with van der Waals surface area (Å²) in [5.41, 5.74) is 6.00. The minimum Gasteiger partial charge on any atom is -0.460 e. The maximum absolute atomic E-state index is 12.7. The molecule has 1 aromatic carbocycles. The Morgan fingerprint density at radius 3 is 2.09 bits per heavy atom. The summed E-state index contributed by atoms with van der Waals surface area (Å²) in [5.74, 6) is -0.923. The molecule has 1 amide bonds. The number of rotatable bonds is 9. The van der Waals surface area contributed by atoms with Crippen LogP contribution in [0.1, 0.15) is 53.0 Å². The summed E-state index contributed by atoms with van der Waals surface area (Å²) in [6.45, 7) is 9.69. The van der Waals surface area contributed by atoms with E-state index in [1.807, 2.05) is 20.8 Å². The maximum atomic E-state index is 12.7. The van der Waals surface area contributed by atoms with Gasteiger partial charge in [0, 0.05) is 0 Å². The molecule has 5 N–H and O–H groups in total. The summed E-state index contributed by atoms with van der Waals surface area (Å²) in [6.07, 6.45) is -1.35. The van der Waals surface area contributed by atoms with Crippen molar-refractivity contribution in [3.05, 3.63) is 29.8 Å². The monoisotopic (exact) mass is 492 g/mol. The third-order valence-corrected chi connectivity index (χ3v) is 5.01. The summed E-state index contributed by atoms with van der Waals surface area (Å²) >= 11 is 0. The van der Waals surface area contributed by atoms with Crippen LogP contribution in [0.15, 0.2) is 29.2 Å². The normalized spacial score (nSPS) is 14.5. The number of amides is 1. The van der Waals surface area contributed by atoms with Gasteiger partial charge in [0.05, 0.1) is 23.4 Å². The Kier molecular flexibility index (Phi) is 12.7. The first-order chi connectivity index (χ1) is 15.0. The average molecular weight is 493 g/mol. The molecule has 0 fully saturated rings. The predicted molar refractivity (Wildman–Crippen MR) is 123 cm³/mol. The van der Waals surface area contributed by atoms with Crippen LogP contribution in [0.5, 0.6) is 0 Å². The second kappa shape index (κ2) is 13.6. The van der Waals surface area contributed by atoms with Crippen molar-refractivity contribution in [3.8, 4) is 0 Å². The van der Waals surface area contributed by atoms with Crippen LogP contribution in [-0.4, -0.2) is 60.4 Å². The molecule has 0 radical (unpaired) electrons. The van der Waals surface area contributed by atoms with Gasteiger partial charge in [0.15, 0.2) is 0 Å². The number of hydrogen-bond acceptors (Lipinski definition) is 7. The van der Waals surface area contributed by atoms with Gasteiger partial charge in [0.25, 0.3) is 10.1 Å². The number of nitrogens with one attached hydrogen (secondary N) is 1. The molecule has 0 heterocycles. The quantitative estimate of drug-likeness (QED) is 0.302. The summed E-state index contributed by atoms with van der Waals surface area (Å²) in [4.78, 5) is 23.7. The van der Waals surface area contributed by atoms with Crippen LogP contribution in [-0.2, 0) is 24.4 Å². The lowest BCUT2D eigenvalue weighted by Gasteiger charge is -2.26. The van der Waals surface area contributed by atoms with E-state index in [1.165, 1.54) is 12.1 Å². The van der Waals surface area contributed by atoms with Gasteiger partial charge in [0.2, 0.25) is 5.91 Å². The Labute approximate surface area is 195 Å². The van der Waals surface area contributed by atoms with E-state index in [0.717, 1.165) is 5.56 Å². The van der Waals surface area contributed by atoms with Crippen LogP contribution in [0.3, 0.4) is 0 Å². The van der Waals surface area contributed by atoms with Gasteiger partial charge in [-0.2, -0.15) is 8.42 Å². The molecule has 0 aromatic heterocycles. The van der Waals surface area contributed by atoms with Crippen LogP contribution in [0.25, 0.3) is 0 Å². The standard InChI is InChI=1S/C15H29FN2O4.C7H8O3S/c1-9(2)6-10(17)14(21)18-11(12(19)8-16)7-13(20)22-15(3,4)5;1-6-2-4-7(5-3-6)11(8,9)10/h9-12,19H,6-8,17H2,1-5H3,(H,18,21);2-5H,1H3,(H,8,9,10)/t10-,11?,12?;/m0./s1. The van der Waals surface area contributed by atoms with Gasteiger partial charge in [-0.3, -0.25) is 14.1 Å². The Morgan fingerprint density at radius 2 is 1.70 bits per heavy atom. The molecule has 0 aliphatic heterocycles. The zero-order valence-electron chi connectivity index (χ0n) is 20.0. The van der Waals surface area contributed by atoms with Crippen molar-refractivity contribution in [2.24, 2.45) is 11.7 Å². The van der Waals surface area contributed by atoms with Crippen molar-refractivity contribution in [3.63, 3.8) is 0 Å². The molecular weight excluding hydrogens is 455 g/mol. The minimum atomic E-state index is -4.02. The molecule has 0 spiro atoms. The molecule has 2 unspecified atom stereocenters. The van der Waals surface area contributed by atoms with Crippen molar-refractivity contribution < 1.29 is 36.8 Å². The average Bonchev–Trinajstić information content (AvgIpc) is 2.64. The second-order valence-electron chi connectivity index (χ2n) is 9.15. The topological polar surface area (TPSA) is 156 Å². The number of aliphatic hydroxyl groups is 1. The van der Waals surface area contributed by atoms with E-state index >= 15 is 0 Å². The molecule has 1 aromatic rings. The van der Waals surface area contributed by atoms with E-state index in [0.29, 0.717) is 6.42 Å². The largest absolute Gasteiger partial charge is 0.460 e. The van der Waals surface area contributed by atoms with Gasteiger partial charge in [-0.15, -0.1) is 0 Å². The third kappa shape index (κ3) is 13.9. The van der Waals surface area contributed by atoms with Crippen LogP contribution >= 0.6 is 0 Å². The molecule has 33 heavy (non-hydrogen) atoms. The number of aliphatic hydroxyl groups excluding tert-OH is 1. The van der Waals surface area contributed by atoms with Gasteiger partial charge < -0.3 is 20.9 Å². The van der Waals surface area contributed by atoms with Crippen LogP contribution in [0.2, 0.25) is 0 Å². The maximum Gasteiger partial charge on any atom is 0.308 e. The number of alkyl halides is 1. The lowest BCUT2D eigenvalue weighted by Crippen LogP contribution is -2.51. The van der Waals surface area contributed by atoms with Gasteiger partial charge in [-0.1, -0.05) is 31.5 Å². The number of esters is 1. The van der Waals surface area contributed by atoms with Gasteiger partial charge in [0.1, 0.15) is 18.4 Å². The number of hydrogen-bond donors (Lipinski definition) is 4. The van der Waals surface area contributed by atoms with Gasteiger partial charge in [-0.25, -0.2) is 4.39 Å². The van der Waals surface area contributed by atoms with E-state index in [9.17, 15) is 27.5 Å². The van der Waals surface area contributed by atoms with Crippen LogP contribution in [0.4, 0.5) is 4.39 Å². The Hall–Kier alpha value is -2.08. The number of aryl methyl sites for hydroxylation is 1. The van der Waals surface area contributed by atoms with E-state index in [-0.39, 0.29) is 17.2 Å². The Balaban J connectivity index is 0.000000771. The fraction of sp³-hybridized carbons (Fsp3) is 0.636. The third-order valence-electron chi connectivity index (χ3n) is 4.14. The lowest BCUT2D eigenvalue weighted by molar-refractivity contribution is -0.156. The molecule has 11 heteroatoms. The predicted octanol–water partition coefficient (Wildman–Crippen LogP) is 2.15. The van der Waals surface area contributed by atoms with Crippen LogP contribution < -0.4 is 11.1 Å². The molecule has 1 rings (SSSR count). The van der Waals surface area contributed by atoms with Crippen molar-refractivity contribution in [2.45, 2.75) is 83.1 Å². The highest BCUT2D eigenvalue weighted by molar-refractivity contribution is 7.85. The smallest absolute Gasteiger partial charge is 0.308 e. The van der Waals surface area contributed by atoms with E-state index in [1.54, 1.807) is 32.9 Å². The zero-order valence-corrected chi connectivity index (χ0v) is 20.9. The minimum absolute atomic E-state index is 0.0666. The summed E-state index contributed by atoms with van der Waals surface area (Å²) in [5, 5.41) is 12.1. The van der Waals surface area contributed by atoms with Gasteiger partial charge >= 0.3 is 5.97 Å². The molecule has 0 aliphatic rings. The number of halogens is 1. The number of ether oxygens (including phenoxy) is 1. The molecule has 0 saturated carbocycles. The molecule has 0 saturated heterocycles.